The molecule has 7 heteroatoms. The fourth-order valence-corrected chi connectivity index (χ4v) is 4.29. The molecular weight excluding hydrogens is 420 g/mol. The van der Waals surface area contributed by atoms with Gasteiger partial charge in [-0.1, -0.05) is 6.07 Å². The van der Waals surface area contributed by atoms with Crippen molar-refractivity contribution in [2.75, 3.05) is 20.8 Å². The number of rotatable bonds is 6. The van der Waals surface area contributed by atoms with Gasteiger partial charge in [0.1, 0.15) is 17.4 Å². The third-order valence-electron chi connectivity index (χ3n) is 5.88. The first-order valence-electron chi connectivity index (χ1n) is 10.7. The van der Waals surface area contributed by atoms with Crippen molar-refractivity contribution in [2.24, 2.45) is 0 Å². The first-order valence-corrected chi connectivity index (χ1v) is 10.7. The van der Waals surface area contributed by atoms with Crippen LogP contribution in [0.25, 0.3) is 5.69 Å². The highest BCUT2D eigenvalue weighted by Crippen LogP contribution is 2.37. The molecule has 7 nitrogen and oxygen atoms in total. The number of ketones is 1. The number of carbonyl (C=O) groups is 1. The van der Waals surface area contributed by atoms with Crippen molar-refractivity contribution >= 4 is 5.78 Å². The van der Waals surface area contributed by atoms with Crippen molar-refractivity contribution in [1.82, 2.24) is 4.57 Å². The van der Waals surface area contributed by atoms with Crippen LogP contribution in [0.1, 0.15) is 46.4 Å². The van der Waals surface area contributed by atoms with Gasteiger partial charge in [0, 0.05) is 23.4 Å². The van der Waals surface area contributed by atoms with E-state index in [1.807, 2.05) is 31.2 Å². The van der Waals surface area contributed by atoms with E-state index in [9.17, 15) is 14.9 Å². The quantitative estimate of drug-likeness (QED) is 0.570. The van der Waals surface area contributed by atoms with Gasteiger partial charge in [0.2, 0.25) is 0 Å². The molecule has 1 aliphatic rings. The Bertz CT molecular complexity index is 1300. The smallest absolute Gasteiger partial charge is 0.273 e. The molecule has 4 rings (SSSR count). The van der Waals surface area contributed by atoms with E-state index in [2.05, 4.69) is 0 Å². The van der Waals surface area contributed by atoms with Gasteiger partial charge in [0.25, 0.3) is 5.56 Å². The zero-order chi connectivity index (χ0) is 23.5. The van der Waals surface area contributed by atoms with Crippen molar-refractivity contribution in [3.63, 3.8) is 0 Å². The molecule has 0 radical (unpaired) electrons. The van der Waals surface area contributed by atoms with Crippen LogP contribution in [0.4, 0.5) is 0 Å². The number of aromatic nitrogens is 1. The highest BCUT2D eigenvalue weighted by Gasteiger charge is 2.31. The second-order valence-corrected chi connectivity index (χ2v) is 7.74. The van der Waals surface area contributed by atoms with Gasteiger partial charge in [-0.15, -0.1) is 0 Å². The fraction of sp³-hybridized carbons (Fsp3) is 0.269. The van der Waals surface area contributed by atoms with E-state index in [0.29, 0.717) is 47.2 Å². The number of methoxy groups -OCH3 is 2. The van der Waals surface area contributed by atoms with Crippen LogP contribution in [0.2, 0.25) is 0 Å². The minimum absolute atomic E-state index is 0.0550. The van der Waals surface area contributed by atoms with Crippen LogP contribution in [0.3, 0.4) is 0 Å². The first-order chi connectivity index (χ1) is 16.0. The summed E-state index contributed by atoms with van der Waals surface area (Å²) in [5.41, 5.74) is 2.01. The lowest BCUT2D eigenvalue weighted by atomic mass is 9.81. The highest BCUT2D eigenvalue weighted by atomic mass is 16.5. The number of fused-ring (bicyclic) bond motifs is 1. The molecule has 33 heavy (non-hydrogen) atoms. The van der Waals surface area contributed by atoms with Gasteiger partial charge in [0.05, 0.1) is 20.8 Å². The molecule has 2 aromatic carbocycles. The van der Waals surface area contributed by atoms with E-state index in [1.165, 1.54) is 10.6 Å². The average Bonchev–Trinajstić information content (AvgIpc) is 2.84. The van der Waals surface area contributed by atoms with Crippen molar-refractivity contribution in [3.05, 3.63) is 81.3 Å². The minimum atomic E-state index is -0.443. The number of nitriles is 1. The molecule has 0 amide bonds. The number of hydrogen-bond donors (Lipinski definition) is 0. The molecule has 0 saturated heterocycles. The maximum atomic E-state index is 13.2. The molecule has 0 unspecified atom stereocenters. The summed E-state index contributed by atoms with van der Waals surface area (Å²) in [6.45, 7) is 2.42. The molecule has 0 bridgehead atoms. The molecule has 1 aromatic heterocycles. The standard InChI is InChI=1S/C26H24N2O5/c1-4-33-20-8-6-19(7-9-20)28-22-12-17(16-5-10-24(31-2)25(14-16)32-3)13-23(29)21(22)11-18(15-27)26(28)30/h5-11,14,17H,4,12-13H2,1-3H3/t17-/m0/s1. The van der Waals surface area contributed by atoms with E-state index in [0.717, 1.165) is 5.56 Å². The van der Waals surface area contributed by atoms with Gasteiger partial charge in [-0.3, -0.25) is 14.2 Å². The summed E-state index contributed by atoms with van der Waals surface area (Å²) in [7, 11) is 3.14. The van der Waals surface area contributed by atoms with E-state index < -0.39 is 5.56 Å². The summed E-state index contributed by atoms with van der Waals surface area (Å²) < 4.78 is 17.7. The van der Waals surface area contributed by atoms with E-state index in [1.54, 1.807) is 38.5 Å². The molecule has 0 N–H and O–H groups in total. The Kier molecular flexibility index (Phi) is 6.18. The van der Waals surface area contributed by atoms with Crippen molar-refractivity contribution in [3.8, 4) is 29.0 Å². The Labute approximate surface area is 191 Å². The molecule has 0 aliphatic heterocycles. The van der Waals surface area contributed by atoms with Crippen LogP contribution in [-0.4, -0.2) is 31.2 Å². The predicted molar refractivity (Wildman–Crippen MR) is 123 cm³/mol. The first kappa shape index (κ1) is 22.2. The van der Waals surface area contributed by atoms with Crippen LogP contribution in [0.5, 0.6) is 17.2 Å². The molecule has 1 atom stereocenters. The monoisotopic (exact) mass is 444 g/mol. The lowest BCUT2D eigenvalue weighted by Crippen LogP contribution is -2.31. The molecular formula is C26H24N2O5. The second-order valence-electron chi connectivity index (χ2n) is 7.74. The third-order valence-corrected chi connectivity index (χ3v) is 5.88. The second kappa shape index (κ2) is 9.21. The molecule has 1 heterocycles. The van der Waals surface area contributed by atoms with Crippen molar-refractivity contribution in [2.45, 2.75) is 25.7 Å². The fourth-order valence-electron chi connectivity index (χ4n) is 4.29. The van der Waals surface area contributed by atoms with Crippen LogP contribution >= 0.6 is 0 Å². The van der Waals surface area contributed by atoms with Crippen LogP contribution in [0, 0.1) is 11.3 Å². The Morgan fingerprint density at radius 2 is 1.73 bits per heavy atom. The molecule has 3 aromatic rings. The van der Waals surface area contributed by atoms with Crippen molar-refractivity contribution in [1.29, 1.82) is 5.26 Å². The SMILES string of the molecule is CCOc1ccc(-n2c3c(cc(C#N)c2=O)C(=O)C[C@@H](c2ccc(OC)c(OC)c2)C3)cc1. The summed E-state index contributed by atoms with van der Waals surface area (Å²) >= 11 is 0. The minimum Gasteiger partial charge on any atom is -0.494 e. The van der Waals surface area contributed by atoms with E-state index in [-0.39, 0.29) is 23.7 Å². The van der Waals surface area contributed by atoms with Gasteiger partial charge < -0.3 is 14.2 Å². The zero-order valence-corrected chi connectivity index (χ0v) is 18.8. The van der Waals surface area contributed by atoms with Crippen molar-refractivity contribution < 1.29 is 19.0 Å². The molecule has 1 aliphatic carbocycles. The number of carbonyl (C=O) groups excluding carboxylic acids is 1. The van der Waals surface area contributed by atoms with Crippen LogP contribution in [-0.2, 0) is 6.42 Å². The maximum Gasteiger partial charge on any atom is 0.273 e. The largest absolute Gasteiger partial charge is 0.494 e. The predicted octanol–water partition coefficient (Wildman–Crippen LogP) is 4.04. The molecule has 0 fully saturated rings. The third kappa shape index (κ3) is 4.08. The van der Waals surface area contributed by atoms with Gasteiger partial charge in [-0.05, 0) is 67.3 Å². The number of hydrogen-bond acceptors (Lipinski definition) is 6. The summed E-state index contributed by atoms with van der Waals surface area (Å²) in [4.78, 5) is 26.3. The molecule has 0 spiro atoms. The zero-order valence-electron chi connectivity index (χ0n) is 18.8. The number of Topliss-reactive ketones (excluding diaryl/α,β-unsaturated/α-hetero) is 1. The van der Waals surface area contributed by atoms with Crippen LogP contribution in [0.15, 0.2) is 53.3 Å². The molecule has 0 saturated carbocycles. The highest BCUT2D eigenvalue weighted by molar-refractivity contribution is 5.99. The lowest BCUT2D eigenvalue weighted by Gasteiger charge is -2.27. The number of pyridine rings is 1. The van der Waals surface area contributed by atoms with Gasteiger partial charge in [-0.2, -0.15) is 5.26 Å². The topological polar surface area (TPSA) is 90.6 Å². The van der Waals surface area contributed by atoms with Gasteiger partial charge in [0.15, 0.2) is 17.3 Å². The average molecular weight is 444 g/mol. The summed E-state index contributed by atoms with van der Waals surface area (Å²) in [5, 5.41) is 9.51. The Morgan fingerprint density at radius 3 is 2.36 bits per heavy atom. The Hall–Kier alpha value is -4.05. The number of nitrogens with zero attached hydrogens (tertiary/aromatic N) is 2. The number of ether oxygens (including phenoxy) is 3. The summed E-state index contributed by atoms with van der Waals surface area (Å²) in [6.07, 6.45) is 0.736. The normalized spacial score (nSPS) is 14.8. The maximum absolute atomic E-state index is 13.2. The van der Waals surface area contributed by atoms with Crippen LogP contribution < -0.4 is 19.8 Å². The van der Waals surface area contributed by atoms with Gasteiger partial charge in [-0.25, -0.2) is 0 Å². The summed E-state index contributed by atoms with van der Waals surface area (Å²) in [5.74, 6) is 1.61. The number of benzene rings is 2. The summed E-state index contributed by atoms with van der Waals surface area (Å²) in [6, 6.07) is 16.0. The molecule has 168 valence electrons. The van der Waals surface area contributed by atoms with Gasteiger partial charge >= 0.3 is 0 Å². The van der Waals surface area contributed by atoms with E-state index >= 15 is 0 Å². The van der Waals surface area contributed by atoms with E-state index in [4.69, 9.17) is 14.2 Å². The Morgan fingerprint density at radius 1 is 1.00 bits per heavy atom. The Balaban J connectivity index is 1.84. The lowest BCUT2D eigenvalue weighted by molar-refractivity contribution is 0.0962.